The van der Waals surface area contributed by atoms with E-state index in [0.29, 0.717) is 16.7 Å². The van der Waals surface area contributed by atoms with Crippen LogP contribution in [-0.4, -0.2) is 56.1 Å². The molecule has 6 nitrogen and oxygen atoms in total. The van der Waals surface area contributed by atoms with Gasteiger partial charge in [-0.2, -0.15) is 0 Å². The van der Waals surface area contributed by atoms with E-state index in [9.17, 15) is 4.79 Å². The third-order valence-corrected chi connectivity index (χ3v) is 8.78. The Labute approximate surface area is 232 Å². The van der Waals surface area contributed by atoms with Crippen LogP contribution < -0.4 is 14.5 Å². The average Bonchev–Trinajstić information content (AvgIpc) is 3.57. The highest BCUT2D eigenvalue weighted by molar-refractivity contribution is 7.22. The summed E-state index contributed by atoms with van der Waals surface area (Å²) in [6.45, 7) is 1.85. The lowest BCUT2D eigenvalue weighted by Gasteiger charge is -2.31. The normalized spacial score (nSPS) is 14.8. The predicted octanol–water partition coefficient (Wildman–Crippen LogP) is 7.23. The molecule has 1 aliphatic heterocycles. The van der Waals surface area contributed by atoms with Crippen LogP contribution in [0.5, 0.6) is 5.75 Å². The Hall–Kier alpha value is -3.13. The highest BCUT2D eigenvalue weighted by atomic mass is 35.5. The quantitative estimate of drug-likeness (QED) is 0.233. The van der Waals surface area contributed by atoms with Gasteiger partial charge in [-0.15, -0.1) is 0 Å². The van der Waals surface area contributed by atoms with Gasteiger partial charge in [0.2, 0.25) is 0 Å². The van der Waals surface area contributed by atoms with Crippen LogP contribution in [0.3, 0.4) is 0 Å². The molecule has 2 heterocycles. The zero-order valence-corrected chi connectivity index (χ0v) is 23.5. The fourth-order valence-corrected chi connectivity index (χ4v) is 6.40. The number of thiazole rings is 1. The van der Waals surface area contributed by atoms with Gasteiger partial charge in [0, 0.05) is 31.3 Å². The topological polar surface area (TPSA) is 48.9 Å². The second-order valence-electron chi connectivity index (χ2n) is 10.4. The van der Waals surface area contributed by atoms with Crippen molar-refractivity contribution in [3.63, 3.8) is 0 Å². The van der Waals surface area contributed by atoms with Crippen molar-refractivity contribution in [1.29, 1.82) is 0 Å². The van der Waals surface area contributed by atoms with Gasteiger partial charge in [0.1, 0.15) is 11.3 Å². The standard InChI is InChI=1S/C30H31ClN4O2S/c1-33(2)14-15-34(3)30-32-28-26-16-21(17-27(28)38-30)35(26)29(36)20-10-8-19(9-11-20)24-13-12-23(18-25(24)31)37-22-6-4-5-7-22/h8-13,16-18,22H,4-7,14-15H2,1-3H3. The van der Waals surface area contributed by atoms with Crippen molar-refractivity contribution in [1.82, 2.24) is 9.88 Å². The molecule has 6 rings (SSSR count). The van der Waals surface area contributed by atoms with Crippen LogP contribution >= 0.6 is 22.9 Å². The summed E-state index contributed by atoms with van der Waals surface area (Å²) in [5.41, 5.74) is 5.18. The Balaban J connectivity index is 1.17. The second kappa shape index (κ2) is 10.2. The molecule has 1 fully saturated rings. The number of anilines is 3. The molecular weight excluding hydrogens is 516 g/mol. The summed E-state index contributed by atoms with van der Waals surface area (Å²) < 4.78 is 7.20. The van der Waals surface area contributed by atoms with Gasteiger partial charge in [-0.25, -0.2) is 4.98 Å². The fourth-order valence-electron chi connectivity index (χ4n) is 5.12. The van der Waals surface area contributed by atoms with E-state index in [4.69, 9.17) is 21.3 Å². The molecule has 1 aromatic heterocycles. The number of benzene rings is 3. The van der Waals surface area contributed by atoms with Gasteiger partial charge < -0.3 is 14.5 Å². The third kappa shape index (κ3) is 4.75. The SMILES string of the molecule is CN(C)CCN(C)c1nc2c3cc(cc2s1)N3C(=O)c1ccc(-c2ccc(OC3CCCC3)cc2Cl)cc1. The smallest absolute Gasteiger partial charge is 0.262 e. The fraction of sp³-hybridized carbons (Fsp3) is 0.333. The lowest BCUT2D eigenvalue weighted by atomic mass is 10.0. The lowest BCUT2D eigenvalue weighted by Crippen LogP contribution is -2.31. The van der Waals surface area contributed by atoms with Crippen LogP contribution in [0.25, 0.3) is 21.3 Å². The molecular formula is C30H31ClN4O2S. The Morgan fingerprint density at radius 3 is 2.53 bits per heavy atom. The lowest BCUT2D eigenvalue weighted by molar-refractivity contribution is 0.0997. The van der Waals surface area contributed by atoms with E-state index in [1.807, 2.05) is 48.5 Å². The van der Waals surface area contributed by atoms with Crippen molar-refractivity contribution < 1.29 is 9.53 Å². The zero-order valence-electron chi connectivity index (χ0n) is 21.9. The van der Waals surface area contributed by atoms with Crippen molar-refractivity contribution in [3.8, 4) is 16.9 Å². The Kier molecular flexibility index (Phi) is 6.76. The number of aromatic nitrogens is 1. The van der Waals surface area contributed by atoms with E-state index in [1.165, 1.54) is 12.8 Å². The molecule has 0 saturated heterocycles. The first-order valence-electron chi connectivity index (χ1n) is 13.1. The molecule has 4 aromatic rings. The van der Waals surface area contributed by atoms with Crippen LogP contribution in [-0.2, 0) is 0 Å². The summed E-state index contributed by atoms with van der Waals surface area (Å²) in [6, 6.07) is 17.6. The minimum atomic E-state index is -0.0483. The number of fused-ring (bicyclic) bond motifs is 4. The summed E-state index contributed by atoms with van der Waals surface area (Å²) in [7, 11) is 6.20. The maximum atomic E-state index is 13.5. The van der Waals surface area contributed by atoms with Crippen LogP contribution in [0.4, 0.5) is 16.5 Å². The molecule has 0 N–H and O–H groups in total. The molecule has 2 aliphatic rings. The van der Waals surface area contributed by atoms with E-state index in [-0.39, 0.29) is 5.91 Å². The zero-order chi connectivity index (χ0) is 26.4. The molecule has 0 spiro atoms. The van der Waals surface area contributed by atoms with Crippen LogP contribution in [0.1, 0.15) is 36.0 Å². The molecule has 0 atom stereocenters. The first-order chi connectivity index (χ1) is 18.4. The molecule has 1 saturated carbocycles. The van der Waals surface area contributed by atoms with Crippen molar-refractivity contribution >= 4 is 55.6 Å². The monoisotopic (exact) mass is 546 g/mol. The summed E-state index contributed by atoms with van der Waals surface area (Å²) in [4.78, 5) is 24.4. The van der Waals surface area contributed by atoms with Gasteiger partial charge in [0.15, 0.2) is 5.13 Å². The minimum absolute atomic E-state index is 0.0483. The molecule has 0 unspecified atom stereocenters. The number of likely N-dealkylation sites (N-methyl/N-ethyl adjacent to an activating group) is 2. The van der Waals surface area contributed by atoms with Crippen molar-refractivity contribution in [2.45, 2.75) is 31.8 Å². The molecule has 38 heavy (non-hydrogen) atoms. The summed E-state index contributed by atoms with van der Waals surface area (Å²) in [5, 5.41) is 1.62. The van der Waals surface area contributed by atoms with Crippen molar-refractivity contribution in [2.24, 2.45) is 0 Å². The first kappa shape index (κ1) is 25.2. The van der Waals surface area contributed by atoms with Gasteiger partial charge in [-0.05, 0) is 87.8 Å². The number of rotatable bonds is 8. The maximum Gasteiger partial charge on any atom is 0.262 e. The van der Waals surface area contributed by atoms with E-state index < -0.39 is 0 Å². The van der Waals surface area contributed by atoms with E-state index in [0.717, 1.165) is 69.5 Å². The van der Waals surface area contributed by atoms with E-state index >= 15 is 0 Å². The number of carbonyl (C=O) groups excluding carboxylic acids is 1. The van der Waals surface area contributed by atoms with E-state index in [1.54, 1.807) is 16.2 Å². The van der Waals surface area contributed by atoms with Crippen LogP contribution in [0.15, 0.2) is 54.6 Å². The highest BCUT2D eigenvalue weighted by Gasteiger charge is 2.32. The van der Waals surface area contributed by atoms with Crippen molar-refractivity contribution in [3.05, 3.63) is 65.2 Å². The summed E-state index contributed by atoms with van der Waals surface area (Å²) >= 11 is 8.29. The maximum absolute atomic E-state index is 13.5. The summed E-state index contributed by atoms with van der Waals surface area (Å²) in [5.74, 6) is 0.768. The van der Waals surface area contributed by atoms with Gasteiger partial charge in [-0.3, -0.25) is 9.69 Å². The largest absolute Gasteiger partial charge is 0.490 e. The predicted molar refractivity (Wildman–Crippen MR) is 158 cm³/mol. The Bertz CT molecular complexity index is 1490. The molecule has 196 valence electrons. The average molecular weight is 547 g/mol. The van der Waals surface area contributed by atoms with Crippen LogP contribution in [0, 0.1) is 0 Å². The van der Waals surface area contributed by atoms with Gasteiger partial charge in [0.05, 0.1) is 27.2 Å². The number of nitrogens with zero attached hydrogens (tertiary/aromatic N) is 4. The van der Waals surface area contributed by atoms with Crippen LogP contribution in [0.2, 0.25) is 5.02 Å². The van der Waals surface area contributed by atoms with Gasteiger partial charge in [0.25, 0.3) is 5.91 Å². The molecule has 8 heteroatoms. The first-order valence-corrected chi connectivity index (χ1v) is 14.3. The molecule has 2 bridgehead atoms. The number of carbonyl (C=O) groups is 1. The number of ether oxygens (including phenoxy) is 1. The van der Waals surface area contributed by atoms with Gasteiger partial charge >= 0.3 is 0 Å². The highest BCUT2D eigenvalue weighted by Crippen LogP contribution is 2.48. The Morgan fingerprint density at radius 1 is 1.05 bits per heavy atom. The molecule has 1 aliphatic carbocycles. The Morgan fingerprint density at radius 2 is 1.82 bits per heavy atom. The number of halogens is 1. The summed E-state index contributed by atoms with van der Waals surface area (Å²) in [6.07, 6.45) is 4.98. The van der Waals surface area contributed by atoms with E-state index in [2.05, 4.69) is 37.0 Å². The number of hydrogen-bond acceptors (Lipinski definition) is 6. The number of hydrogen-bond donors (Lipinski definition) is 0. The molecule has 3 aromatic carbocycles. The van der Waals surface area contributed by atoms with Gasteiger partial charge in [-0.1, -0.05) is 35.1 Å². The third-order valence-electron chi connectivity index (χ3n) is 7.35. The molecule has 0 radical (unpaired) electrons. The molecule has 1 amide bonds. The number of amides is 1. The minimum Gasteiger partial charge on any atom is -0.490 e. The van der Waals surface area contributed by atoms with Crippen molar-refractivity contribution in [2.75, 3.05) is 44.0 Å². The second-order valence-corrected chi connectivity index (χ2v) is 11.8.